The molecule has 1 saturated carbocycles. The monoisotopic (exact) mass is 113 g/mol. The molecule has 1 nitrogen and oxygen atoms in total. The second-order valence-electron chi connectivity index (χ2n) is 2.80. The molecule has 0 amide bonds. The van der Waals surface area contributed by atoms with Crippen LogP contribution in [-0.2, 0) is 0 Å². The molecule has 1 N–H and O–H groups in total. The van der Waals surface area contributed by atoms with Gasteiger partial charge in [0.15, 0.2) is 0 Å². The summed E-state index contributed by atoms with van der Waals surface area (Å²) < 4.78 is 0. The topological polar surface area (TPSA) is 12.0 Å². The van der Waals surface area contributed by atoms with E-state index in [4.69, 9.17) is 0 Å². The predicted octanol–water partition coefficient (Wildman–Crippen LogP) is 1.39. The van der Waals surface area contributed by atoms with Crippen molar-refractivity contribution in [1.29, 1.82) is 0 Å². The molecule has 2 atom stereocenters. The van der Waals surface area contributed by atoms with Gasteiger partial charge in [0, 0.05) is 6.04 Å². The summed E-state index contributed by atoms with van der Waals surface area (Å²) in [4.78, 5) is 0. The minimum atomic E-state index is 0.815. The summed E-state index contributed by atoms with van der Waals surface area (Å²) in [5.41, 5.74) is 0. The lowest BCUT2D eigenvalue weighted by Crippen LogP contribution is -2.26. The molecule has 0 spiro atoms. The summed E-state index contributed by atoms with van der Waals surface area (Å²) in [7, 11) is 2.06. The van der Waals surface area contributed by atoms with Crippen LogP contribution in [0.5, 0.6) is 0 Å². The largest absolute Gasteiger partial charge is 0.317 e. The maximum absolute atomic E-state index is 3.31. The first-order chi connectivity index (χ1) is 3.84. The highest BCUT2D eigenvalue weighted by Crippen LogP contribution is 2.23. The van der Waals surface area contributed by atoms with Crippen LogP contribution in [0, 0.1) is 5.92 Å². The quantitative estimate of drug-likeness (QED) is 0.542. The number of hydrogen-bond donors (Lipinski definition) is 1. The molecule has 0 bridgehead atoms. The lowest BCUT2D eigenvalue weighted by molar-refractivity contribution is 0.459. The van der Waals surface area contributed by atoms with Gasteiger partial charge in [0.1, 0.15) is 0 Å². The third-order valence-corrected chi connectivity index (χ3v) is 2.23. The average Bonchev–Trinajstić information content (AvgIpc) is 2.14. The zero-order valence-electron chi connectivity index (χ0n) is 5.78. The molecule has 8 heavy (non-hydrogen) atoms. The normalized spacial score (nSPS) is 38.2. The Hall–Kier alpha value is -0.0400. The van der Waals surface area contributed by atoms with E-state index in [1.54, 1.807) is 0 Å². The average molecular weight is 113 g/mol. The molecular formula is C7H15N. The van der Waals surface area contributed by atoms with Gasteiger partial charge in [-0.05, 0) is 25.8 Å². The van der Waals surface area contributed by atoms with Gasteiger partial charge >= 0.3 is 0 Å². The Morgan fingerprint density at radius 1 is 1.38 bits per heavy atom. The molecular weight excluding hydrogens is 98.1 g/mol. The van der Waals surface area contributed by atoms with Crippen molar-refractivity contribution in [2.24, 2.45) is 5.92 Å². The van der Waals surface area contributed by atoms with Gasteiger partial charge in [-0.25, -0.2) is 0 Å². The molecule has 0 aromatic rings. The van der Waals surface area contributed by atoms with E-state index in [9.17, 15) is 0 Å². The summed E-state index contributed by atoms with van der Waals surface area (Å²) in [5.74, 6) is 0.917. The van der Waals surface area contributed by atoms with Crippen molar-refractivity contribution >= 4 is 0 Å². The zero-order valence-corrected chi connectivity index (χ0v) is 5.78. The molecule has 0 aromatic carbocycles. The summed E-state index contributed by atoms with van der Waals surface area (Å²) >= 11 is 0. The van der Waals surface area contributed by atoms with Crippen LogP contribution in [0.2, 0.25) is 0 Å². The highest BCUT2D eigenvalue weighted by atomic mass is 14.9. The van der Waals surface area contributed by atoms with Crippen LogP contribution < -0.4 is 5.32 Å². The van der Waals surface area contributed by atoms with E-state index in [2.05, 4.69) is 19.3 Å². The molecule has 0 heterocycles. The Kier molecular flexibility index (Phi) is 1.90. The van der Waals surface area contributed by atoms with E-state index in [0.29, 0.717) is 0 Å². The van der Waals surface area contributed by atoms with E-state index in [-0.39, 0.29) is 0 Å². The second kappa shape index (κ2) is 2.49. The first-order valence-electron chi connectivity index (χ1n) is 3.52. The maximum Gasteiger partial charge on any atom is 0.00896 e. The van der Waals surface area contributed by atoms with Crippen LogP contribution in [0.15, 0.2) is 0 Å². The summed E-state index contributed by atoms with van der Waals surface area (Å²) in [5, 5.41) is 3.31. The molecule has 0 radical (unpaired) electrons. The van der Waals surface area contributed by atoms with E-state index < -0.39 is 0 Å². The molecule has 1 aliphatic rings. The van der Waals surface area contributed by atoms with E-state index in [1.807, 2.05) is 0 Å². The predicted molar refractivity (Wildman–Crippen MR) is 35.9 cm³/mol. The van der Waals surface area contributed by atoms with Crippen LogP contribution in [0.1, 0.15) is 26.2 Å². The minimum absolute atomic E-state index is 0.815. The van der Waals surface area contributed by atoms with Gasteiger partial charge in [0.2, 0.25) is 0 Å². The third kappa shape index (κ3) is 1.03. The first-order valence-corrected chi connectivity index (χ1v) is 3.52. The maximum atomic E-state index is 3.31. The van der Waals surface area contributed by atoms with Crippen LogP contribution in [0.3, 0.4) is 0 Å². The molecule has 0 aliphatic heterocycles. The molecule has 1 rings (SSSR count). The Morgan fingerprint density at radius 3 is 2.38 bits per heavy atom. The fraction of sp³-hybridized carbons (Fsp3) is 1.00. The second-order valence-corrected chi connectivity index (χ2v) is 2.80. The van der Waals surface area contributed by atoms with Crippen LogP contribution >= 0.6 is 0 Å². The molecule has 48 valence electrons. The van der Waals surface area contributed by atoms with E-state index in [1.165, 1.54) is 19.3 Å². The van der Waals surface area contributed by atoms with Crippen molar-refractivity contribution in [2.45, 2.75) is 32.2 Å². The van der Waals surface area contributed by atoms with Crippen LogP contribution in [0.4, 0.5) is 0 Å². The van der Waals surface area contributed by atoms with Crippen molar-refractivity contribution in [3.05, 3.63) is 0 Å². The van der Waals surface area contributed by atoms with Crippen LogP contribution in [0.25, 0.3) is 0 Å². The summed E-state index contributed by atoms with van der Waals surface area (Å²) in [6.45, 7) is 2.33. The minimum Gasteiger partial charge on any atom is -0.317 e. The van der Waals surface area contributed by atoms with Gasteiger partial charge in [-0.1, -0.05) is 13.3 Å². The van der Waals surface area contributed by atoms with Gasteiger partial charge in [0.25, 0.3) is 0 Å². The van der Waals surface area contributed by atoms with Crippen molar-refractivity contribution in [3.8, 4) is 0 Å². The molecule has 0 unspecified atom stereocenters. The number of nitrogens with one attached hydrogen (secondary N) is 1. The fourth-order valence-corrected chi connectivity index (χ4v) is 1.57. The van der Waals surface area contributed by atoms with Crippen molar-refractivity contribution in [2.75, 3.05) is 7.05 Å². The molecule has 1 heteroatoms. The Labute approximate surface area is 51.5 Å². The van der Waals surface area contributed by atoms with Crippen molar-refractivity contribution in [3.63, 3.8) is 0 Å². The van der Waals surface area contributed by atoms with Gasteiger partial charge in [-0.2, -0.15) is 0 Å². The molecule has 0 saturated heterocycles. The van der Waals surface area contributed by atoms with E-state index in [0.717, 1.165) is 12.0 Å². The number of rotatable bonds is 1. The zero-order chi connectivity index (χ0) is 5.98. The van der Waals surface area contributed by atoms with Crippen LogP contribution in [-0.4, -0.2) is 13.1 Å². The van der Waals surface area contributed by atoms with E-state index >= 15 is 0 Å². The molecule has 0 aromatic heterocycles. The Morgan fingerprint density at radius 2 is 2.12 bits per heavy atom. The molecule has 1 fully saturated rings. The van der Waals surface area contributed by atoms with Gasteiger partial charge in [0.05, 0.1) is 0 Å². The standard InChI is InChI=1S/C7H15N/c1-6-4-3-5-7(6)8-2/h6-8H,3-5H2,1-2H3/t6-,7+/m1/s1. The lowest BCUT2D eigenvalue weighted by Gasteiger charge is -2.12. The smallest absolute Gasteiger partial charge is 0.00896 e. The third-order valence-electron chi connectivity index (χ3n) is 2.23. The van der Waals surface area contributed by atoms with Gasteiger partial charge in [-0.15, -0.1) is 0 Å². The Balaban J connectivity index is 2.30. The first kappa shape index (κ1) is 6.09. The van der Waals surface area contributed by atoms with Gasteiger partial charge < -0.3 is 5.32 Å². The highest BCUT2D eigenvalue weighted by Gasteiger charge is 2.20. The highest BCUT2D eigenvalue weighted by molar-refractivity contribution is 4.78. The van der Waals surface area contributed by atoms with Gasteiger partial charge in [-0.3, -0.25) is 0 Å². The summed E-state index contributed by atoms with van der Waals surface area (Å²) in [6, 6.07) is 0.815. The SMILES string of the molecule is CN[C@H]1CCC[C@H]1C. The lowest BCUT2D eigenvalue weighted by atomic mass is 10.1. The summed E-state index contributed by atoms with van der Waals surface area (Å²) in [6.07, 6.45) is 4.23. The Bertz CT molecular complexity index is 70.8. The number of hydrogen-bond acceptors (Lipinski definition) is 1. The fourth-order valence-electron chi connectivity index (χ4n) is 1.57. The van der Waals surface area contributed by atoms with Crippen molar-refractivity contribution < 1.29 is 0 Å². The molecule has 1 aliphatic carbocycles. The van der Waals surface area contributed by atoms with Crippen molar-refractivity contribution in [1.82, 2.24) is 5.32 Å².